The van der Waals surface area contributed by atoms with Gasteiger partial charge in [0.15, 0.2) is 0 Å². The number of benzene rings is 10. The molecular formula is C56H36N2O. The van der Waals surface area contributed by atoms with Gasteiger partial charge in [0.1, 0.15) is 11.2 Å². The molecule has 0 unspecified atom stereocenters. The van der Waals surface area contributed by atoms with Crippen molar-refractivity contribution in [3.63, 3.8) is 0 Å². The highest BCUT2D eigenvalue weighted by Crippen LogP contribution is 2.46. The Kier molecular flexibility index (Phi) is 7.54. The number of rotatable bonds is 6. The summed E-state index contributed by atoms with van der Waals surface area (Å²) in [6, 6.07) is 78.6. The van der Waals surface area contributed by atoms with E-state index in [1.807, 2.05) is 0 Å². The first-order chi connectivity index (χ1) is 29.3. The SMILES string of the molecule is c1ccc(-c2ccc(N(c3ccc4ccccc4c3)c3ccc4oc5cc(-c6cccc7c8ccccc8n(-c8ccccc8)c67)c6ccccc6c5c4c3)cc2)cc1. The number of para-hydroxylation sites is 3. The number of fused-ring (bicyclic) bond motifs is 9. The van der Waals surface area contributed by atoms with Crippen LogP contribution in [0.2, 0.25) is 0 Å². The van der Waals surface area contributed by atoms with Gasteiger partial charge in [-0.3, -0.25) is 0 Å². The third-order valence-corrected chi connectivity index (χ3v) is 11.9. The maximum absolute atomic E-state index is 6.85. The van der Waals surface area contributed by atoms with E-state index in [0.29, 0.717) is 0 Å². The molecule has 2 aromatic heterocycles. The topological polar surface area (TPSA) is 21.3 Å². The second-order valence-electron chi connectivity index (χ2n) is 15.3. The molecule has 0 atom stereocenters. The highest BCUT2D eigenvalue weighted by Gasteiger charge is 2.22. The highest BCUT2D eigenvalue weighted by molar-refractivity contribution is 6.24. The van der Waals surface area contributed by atoms with Crippen molar-refractivity contribution in [2.75, 3.05) is 4.90 Å². The fourth-order valence-corrected chi connectivity index (χ4v) is 9.27. The average molecular weight is 753 g/mol. The minimum absolute atomic E-state index is 0.862. The largest absolute Gasteiger partial charge is 0.456 e. The van der Waals surface area contributed by atoms with E-state index >= 15 is 0 Å². The smallest absolute Gasteiger partial charge is 0.136 e. The van der Waals surface area contributed by atoms with Crippen LogP contribution in [0.15, 0.2) is 223 Å². The molecule has 2 heterocycles. The van der Waals surface area contributed by atoms with Crippen molar-refractivity contribution >= 4 is 82.4 Å². The van der Waals surface area contributed by atoms with Crippen molar-refractivity contribution in [2.24, 2.45) is 0 Å². The fourth-order valence-electron chi connectivity index (χ4n) is 9.27. The number of hydrogen-bond donors (Lipinski definition) is 0. The molecule has 12 aromatic rings. The fraction of sp³-hybridized carbons (Fsp3) is 0. The number of aromatic nitrogens is 1. The number of nitrogens with zero attached hydrogens (tertiary/aromatic N) is 2. The normalized spacial score (nSPS) is 11.7. The van der Waals surface area contributed by atoms with E-state index in [1.54, 1.807) is 0 Å². The van der Waals surface area contributed by atoms with Crippen LogP contribution in [0.25, 0.3) is 93.2 Å². The molecule has 3 heteroatoms. The molecule has 0 aliphatic carbocycles. The van der Waals surface area contributed by atoms with Gasteiger partial charge in [0.2, 0.25) is 0 Å². The quantitative estimate of drug-likeness (QED) is 0.169. The first-order valence-corrected chi connectivity index (χ1v) is 20.2. The second-order valence-corrected chi connectivity index (χ2v) is 15.3. The van der Waals surface area contributed by atoms with Gasteiger partial charge in [-0.15, -0.1) is 0 Å². The third-order valence-electron chi connectivity index (χ3n) is 11.9. The Morgan fingerprint density at radius 2 is 0.983 bits per heavy atom. The first-order valence-electron chi connectivity index (χ1n) is 20.2. The molecule has 59 heavy (non-hydrogen) atoms. The Hall–Kier alpha value is -7.88. The van der Waals surface area contributed by atoms with Crippen LogP contribution in [0.5, 0.6) is 0 Å². The zero-order chi connectivity index (χ0) is 38.9. The summed E-state index contributed by atoms with van der Waals surface area (Å²) in [6.07, 6.45) is 0. The lowest BCUT2D eigenvalue weighted by Crippen LogP contribution is -2.09. The average Bonchev–Trinajstić information content (AvgIpc) is 3.85. The molecular weight excluding hydrogens is 717 g/mol. The van der Waals surface area contributed by atoms with E-state index in [-0.39, 0.29) is 0 Å². The summed E-state index contributed by atoms with van der Waals surface area (Å²) in [5.41, 5.74) is 13.2. The summed E-state index contributed by atoms with van der Waals surface area (Å²) in [7, 11) is 0. The summed E-state index contributed by atoms with van der Waals surface area (Å²) >= 11 is 0. The van der Waals surface area contributed by atoms with E-state index in [0.717, 1.165) is 50.3 Å². The van der Waals surface area contributed by atoms with Crippen molar-refractivity contribution in [3.05, 3.63) is 218 Å². The Bertz CT molecular complexity index is 3540. The van der Waals surface area contributed by atoms with Gasteiger partial charge in [-0.25, -0.2) is 0 Å². The van der Waals surface area contributed by atoms with Gasteiger partial charge in [-0.1, -0.05) is 152 Å². The summed E-state index contributed by atoms with van der Waals surface area (Å²) < 4.78 is 9.27. The van der Waals surface area contributed by atoms with Crippen molar-refractivity contribution < 1.29 is 4.42 Å². The third kappa shape index (κ3) is 5.36. The Morgan fingerprint density at radius 1 is 0.356 bits per heavy atom. The minimum Gasteiger partial charge on any atom is -0.456 e. The molecule has 0 bridgehead atoms. The summed E-state index contributed by atoms with van der Waals surface area (Å²) in [4.78, 5) is 2.36. The molecule has 0 aliphatic rings. The van der Waals surface area contributed by atoms with Gasteiger partial charge in [0.05, 0.1) is 11.0 Å². The van der Waals surface area contributed by atoms with Crippen LogP contribution in [0.4, 0.5) is 17.1 Å². The molecule has 0 aliphatic heterocycles. The molecule has 0 fully saturated rings. The zero-order valence-electron chi connectivity index (χ0n) is 32.1. The highest BCUT2D eigenvalue weighted by atomic mass is 16.3. The maximum atomic E-state index is 6.85. The predicted molar refractivity (Wildman–Crippen MR) is 249 cm³/mol. The lowest BCUT2D eigenvalue weighted by Gasteiger charge is -2.26. The number of furan rings is 1. The molecule has 0 N–H and O–H groups in total. The molecule has 12 rings (SSSR count). The van der Waals surface area contributed by atoms with Crippen molar-refractivity contribution in [1.82, 2.24) is 4.57 Å². The van der Waals surface area contributed by atoms with Crippen LogP contribution in [0, 0.1) is 0 Å². The molecule has 10 aromatic carbocycles. The van der Waals surface area contributed by atoms with Crippen LogP contribution >= 0.6 is 0 Å². The van der Waals surface area contributed by atoms with E-state index in [9.17, 15) is 0 Å². The number of anilines is 3. The van der Waals surface area contributed by atoms with E-state index in [4.69, 9.17) is 4.42 Å². The van der Waals surface area contributed by atoms with E-state index < -0.39 is 0 Å². The molecule has 0 radical (unpaired) electrons. The molecule has 276 valence electrons. The minimum atomic E-state index is 0.862. The van der Waals surface area contributed by atoms with Crippen molar-refractivity contribution in [2.45, 2.75) is 0 Å². The van der Waals surface area contributed by atoms with Crippen LogP contribution in [0.3, 0.4) is 0 Å². The summed E-state index contributed by atoms with van der Waals surface area (Å²) in [6.45, 7) is 0. The van der Waals surface area contributed by atoms with Gasteiger partial charge in [0, 0.05) is 49.9 Å². The Morgan fingerprint density at radius 3 is 1.81 bits per heavy atom. The van der Waals surface area contributed by atoms with Gasteiger partial charge in [-0.2, -0.15) is 0 Å². The van der Waals surface area contributed by atoms with Gasteiger partial charge >= 0.3 is 0 Å². The maximum Gasteiger partial charge on any atom is 0.136 e. The van der Waals surface area contributed by atoms with Gasteiger partial charge in [-0.05, 0) is 105 Å². The summed E-state index contributed by atoms with van der Waals surface area (Å²) in [5, 5.41) is 9.44. The molecule has 3 nitrogen and oxygen atoms in total. The summed E-state index contributed by atoms with van der Waals surface area (Å²) in [5.74, 6) is 0. The standard InChI is InChI=1S/C56H36N2O/c1-3-14-37(15-4-1)39-26-29-42(30-27-39)57(43-31-28-38-16-7-8-17-40(38)34-43)44-32-33-53-51(35-44)55-47-22-10-9-20-45(47)50(36-54(55)59-53)49-24-13-23-48-46-21-11-12-25-52(46)58(56(48)49)41-18-5-2-6-19-41/h1-36H. The van der Waals surface area contributed by atoms with Crippen molar-refractivity contribution in [1.29, 1.82) is 0 Å². The van der Waals surface area contributed by atoms with Gasteiger partial charge < -0.3 is 13.9 Å². The lowest BCUT2D eigenvalue weighted by atomic mass is 9.93. The van der Waals surface area contributed by atoms with Gasteiger partial charge in [0.25, 0.3) is 0 Å². The Labute approximate surface area is 341 Å². The predicted octanol–water partition coefficient (Wildman–Crippen LogP) is 15.8. The second kappa shape index (κ2) is 13.4. The van der Waals surface area contributed by atoms with E-state index in [1.165, 1.54) is 60.0 Å². The lowest BCUT2D eigenvalue weighted by molar-refractivity contribution is 0.669. The van der Waals surface area contributed by atoms with Crippen LogP contribution in [-0.4, -0.2) is 4.57 Å². The van der Waals surface area contributed by atoms with Crippen LogP contribution in [-0.2, 0) is 0 Å². The molecule has 0 spiro atoms. The van der Waals surface area contributed by atoms with Crippen molar-refractivity contribution in [3.8, 4) is 27.9 Å². The number of hydrogen-bond acceptors (Lipinski definition) is 2. The zero-order valence-corrected chi connectivity index (χ0v) is 32.1. The monoisotopic (exact) mass is 752 g/mol. The van der Waals surface area contributed by atoms with E-state index in [2.05, 4.69) is 228 Å². The molecule has 0 saturated heterocycles. The van der Waals surface area contributed by atoms with Crippen LogP contribution in [0.1, 0.15) is 0 Å². The Balaban J connectivity index is 1.08. The molecule has 0 amide bonds. The molecule has 0 saturated carbocycles. The first kappa shape index (κ1) is 33.3. The van der Waals surface area contributed by atoms with Crippen LogP contribution < -0.4 is 4.90 Å².